The molecule has 13 heavy (non-hydrogen) atoms. The normalized spacial score (nSPS) is 20.3. The van der Waals surface area contributed by atoms with Crippen LogP contribution in [0.2, 0.25) is 0 Å². The first-order valence-electron chi connectivity index (χ1n) is 4.03. The number of hydrogen-bond acceptors (Lipinski definition) is 2. The van der Waals surface area contributed by atoms with Crippen LogP contribution in [0.5, 0.6) is 0 Å². The molecule has 6 heteroatoms. The molecule has 1 aliphatic rings. The SMILES string of the molecule is I.NC(N)=NCCC1CCC(=O)N1. The maximum absolute atomic E-state index is 10.8. The van der Waals surface area contributed by atoms with Gasteiger partial charge in [-0.2, -0.15) is 0 Å². The lowest BCUT2D eigenvalue weighted by Crippen LogP contribution is -2.27. The van der Waals surface area contributed by atoms with Crippen LogP contribution in [0.15, 0.2) is 4.99 Å². The summed E-state index contributed by atoms with van der Waals surface area (Å²) in [6.07, 6.45) is 2.36. The Hall–Kier alpha value is -0.530. The molecule has 5 N–H and O–H groups in total. The second-order valence-corrected chi connectivity index (χ2v) is 2.90. The Kier molecular flexibility index (Phi) is 5.76. The topological polar surface area (TPSA) is 93.5 Å². The molecule has 1 fully saturated rings. The maximum Gasteiger partial charge on any atom is 0.220 e. The van der Waals surface area contributed by atoms with Gasteiger partial charge in [0.25, 0.3) is 0 Å². The van der Waals surface area contributed by atoms with Crippen LogP contribution in [0.1, 0.15) is 19.3 Å². The number of rotatable bonds is 3. The third kappa shape index (κ3) is 4.91. The van der Waals surface area contributed by atoms with Crippen molar-refractivity contribution in [1.82, 2.24) is 5.32 Å². The van der Waals surface area contributed by atoms with E-state index < -0.39 is 0 Å². The van der Waals surface area contributed by atoms with Crippen LogP contribution in [0, 0.1) is 0 Å². The van der Waals surface area contributed by atoms with Crippen LogP contribution in [0.3, 0.4) is 0 Å². The lowest BCUT2D eigenvalue weighted by molar-refractivity contribution is -0.119. The zero-order valence-electron chi connectivity index (χ0n) is 7.32. The third-order valence-electron chi connectivity index (χ3n) is 1.86. The fourth-order valence-corrected chi connectivity index (χ4v) is 1.24. The Morgan fingerprint density at radius 1 is 1.62 bits per heavy atom. The van der Waals surface area contributed by atoms with Crippen molar-refractivity contribution in [2.45, 2.75) is 25.3 Å². The van der Waals surface area contributed by atoms with Crippen LogP contribution in [0.25, 0.3) is 0 Å². The van der Waals surface area contributed by atoms with Gasteiger partial charge in [-0.25, -0.2) is 0 Å². The molecule has 0 spiro atoms. The van der Waals surface area contributed by atoms with Crippen molar-refractivity contribution in [2.75, 3.05) is 6.54 Å². The number of nitrogens with one attached hydrogen (secondary N) is 1. The first-order chi connectivity index (χ1) is 5.68. The number of guanidine groups is 1. The predicted molar refractivity (Wildman–Crippen MR) is 61.9 cm³/mol. The van der Waals surface area contributed by atoms with E-state index in [2.05, 4.69) is 10.3 Å². The lowest BCUT2D eigenvalue weighted by atomic mass is 10.2. The van der Waals surface area contributed by atoms with Gasteiger partial charge < -0.3 is 16.8 Å². The predicted octanol–water partition coefficient (Wildman–Crippen LogP) is -0.453. The van der Waals surface area contributed by atoms with Gasteiger partial charge in [0, 0.05) is 19.0 Å². The average molecular weight is 298 g/mol. The van der Waals surface area contributed by atoms with Crippen LogP contribution in [0.4, 0.5) is 0 Å². The lowest BCUT2D eigenvalue weighted by Gasteiger charge is -2.06. The summed E-state index contributed by atoms with van der Waals surface area (Å²) in [6.45, 7) is 0.591. The van der Waals surface area contributed by atoms with Gasteiger partial charge in [-0.1, -0.05) is 0 Å². The summed E-state index contributed by atoms with van der Waals surface area (Å²) in [5.41, 5.74) is 10.3. The minimum atomic E-state index is 0. The molecule has 1 amide bonds. The monoisotopic (exact) mass is 298 g/mol. The number of amides is 1. The Balaban J connectivity index is 0.00000144. The molecule has 0 bridgehead atoms. The molecule has 5 nitrogen and oxygen atoms in total. The van der Waals surface area contributed by atoms with E-state index in [0.29, 0.717) is 13.0 Å². The zero-order valence-corrected chi connectivity index (χ0v) is 9.65. The number of hydrogen-bond donors (Lipinski definition) is 3. The molecular weight excluding hydrogens is 283 g/mol. The average Bonchev–Trinajstić information content (AvgIpc) is 2.35. The highest BCUT2D eigenvalue weighted by atomic mass is 127. The van der Waals surface area contributed by atoms with Crippen molar-refractivity contribution in [1.29, 1.82) is 0 Å². The third-order valence-corrected chi connectivity index (χ3v) is 1.86. The number of nitrogens with two attached hydrogens (primary N) is 2. The van der Waals surface area contributed by atoms with Gasteiger partial charge in [-0.3, -0.25) is 9.79 Å². The minimum Gasteiger partial charge on any atom is -0.370 e. The summed E-state index contributed by atoms with van der Waals surface area (Å²) < 4.78 is 0. The number of carbonyl (C=O) groups is 1. The molecule has 0 aromatic heterocycles. The molecule has 0 saturated carbocycles. The zero-order chi connectivity index (χ0) is 8.97. The Morgan fingerprint density at radius 3 is 2.77 bits per heavy atom. The van der Waals surface area contributed by atoms with Crippen LogP contribution in [-0.2, 0) is 4.79 Å². The van der Waals surface area contributed by atoms with E-state index in [0.717, 1.165) is 12.8 Å². The van der Waals surface area contributed by atoms with Crippen LogP contribution >= 0.6 is 24.0 Å². The number of carbonyl (C=O) groups excluding carboxylic acids is 1. The number of nitrogens with zero attached hydrogens (tertiary/aromatic N) is 1. The van der Waals surface area contributed by atoms with Crippen LogP contribution < -0.4 is 16.8 Å². The standard InChI is InChI=1S/C7H14N4O.HI/c8-7(9)10-4-3-5-1-2-6(12)11-5;/h5H,1-4H2,(H,11,12)(H4,8,9,10);1H. The summed E-state index contributed by atoms with van der Waals surface area (Å²) >= 11 is 0. The van der Waals surface area contributed by atoms with Gasteiger partial charge in [0.05, 0.1) is 0 Å². The van der Waals surface area contributed by atoms with Crippen LogP contribution in [-0.4, -0.2) is 24.5 Å². The molecule has 1 heterocycles. The first-order valence-corrected chi connectivity index (χ1v) is 4.03. The fourth-order valence-electron chi connectivity index (χ4n) is 1.24. The minimum absolute atomic E-state index is 0. The van der Waals surface area contributed by atoms with Gasteiger partial charge in [0.1, 0.15) is 0 Å². The molecule has 1 atom stereocenters. The second-order valence-electron chi connectivity index (χ2n) is 2.90. The highest BCUT2D eigenvalue weighted by Gasteiger charge is 2.19. The van der Waals surface area contributed by atoms with E-state index in [1.54, 1.807) is 0 Å². The Labute approximate surface area is 94.4 Å². The van der Waals surface area contributed by atoms with E-state index in [9.17, 15) is 4.79 Å². The van der Waals surface area contributed by atoms with Crippen molar-refractivity contribution >= 4 is 35.8 Å². The largest absolute Gasteiger partial charge is 0.370 e. The molecule has 0 aromatic carbocycles. The Bertz CT molecular complexity index is 203. The smallest absolute Gasteiger partial charge is 0.220 e. The van der Waals surface area contributed by atoms with E-state index in [4.69, 9.17) is 11.5 Å². The summed E-state index contributed by atoms with van der Waals surface area (Å²) in [4.78, 5) is 14.6. The van der Waals surface area contributed by atoms with E-state index in [1.807, 2.05) is 0 Å². The highest BCUT2D eigenvalue weighted by molar-refractivity contribution is 14.0. The summed E-state index contributed by atoms with van der Waals surface area (Å²) in [5.74, 6) is 0.240. The fraction of sp³-hybridized carbons (Fsp3) is 0.714. The Morgan fingerprint density at radius 2 is 2.31 bits per heavy atom. The van der Waals surface area contributed by atoms with Crippen molar-refractivity contribution in [3.63, 3.8) is 0 Å². The van der Waals surface area contributed by atoms with Crippen molar-refractivity contribution in [3.05, 3.63) is 0 Å². The summed E-state index contributed by atoms with van der Waals surface area (Å²) in [6, 6.07) is 0.264. The van der Waals surface area contributed by atoms with E-state index in [1.165, 1.54) is 0 Å². The molecule has 0 aliphatic carbocycles. The van der Waals surface area contributed by atoms with Gasteiger partial charge in [0.2, 0.25) is 5.91 Å². The molecule has 0 radical (unpaired) electrons. The quantitative estimate of drug-likeness (QED) is 0.374. The molecule has 1 rings (SSSR count). The summed E-state index contributed by atoms with van der Waals surface area (Å²) in [7, 11) is 0. The van der Waals surface area contributed by atoms with Crippen molar-refractivity contribution in [3.8, 4) is 0 Å². The molecule has 0 aromatic rings. The van der Waals surface area contributed by atoms with E-state index in [-0.39, 0.29) is 41.9 Å². The van der Waals surface area contributed by atoms with E-state index >= 15 is 0 Å². The molecule has 1 unspecified atom stereocenters. The number of aliphatic imine (C=N–C) groups is 1. The van der Waals surface area contributed by atoms with Gasteiger partial charge in [-0.15, -0.1) is 24.0 Å². The maximum atomic E-state index is 10.8. The highest BCUT2D eigenvalue weighted by Crippen LogP contribution is 2.09. The van der Waals surface area contributed by atoms with Crippen molar-refractivity contribution in [2.24, 2.45) is 16.5 Å². The van der Waals surface area contributed by atoms with Gasteiger partial charge in [-0.05, 0) is 12.8 Å². The van der Waals surface area contributed by atoms with Gasteiger partial charge in [0.15, 0.2) is 5.96 Å². The molecule has 1 saturated heterocycles. The first kappa shape index (κ1) is 12.5. The molecular formula is C7H15IN4O. The van der Waals surface area contributed by atoms with Crippen molar-refractivity contribution < 1.29 is 4.79 Å². The second kappa shape index (κ2) is 6.01. The summed E-state index contributed by atoms with van der Waals surface area (Å²) in [5, 5.41) is 2.84. The van der Waals surface area contributed by atoms with Gasteiger partial charge >= 0.3 is 0 Å². The molecule has 76 valence electrons. The number of halogens is 1. The molecule has 1 aliphatic heterocycles.